The van der Waals surface area contributed by atoms with Gasteiger partial charge in [-0.05, 0) is 50.4 Å². The fourth-order valence-electron chi connectivity index (χ4n) is 3.11. The summed E-state index contributed by atoms with van der Waals surface area (Å²) < 4.78 is 13.5. The van der Waals surface area contributed by atoms with Crippen molar-refractivity contribution in [3.63, 3.8) is 0 Å². The molecule has 0 atom stereocenters. The van der Waals surface area contributed by atoms with E-state index >= 15 is 0 Å². The number of halogens is 1. The lowest BCUT2D eigenvalue weighted by molar-refractivity contribution is 0.0802. The zero-order valence-electron chi connectivity index (χ0n) is 12.1. The third-order valence-electron chi connectivity index (χ3n) is 4.29. The van der Waals surface area contributed by atoms with Crippen molar-refractivity contribution in [1.29, 1.82) is 0 Å². The van der Waals surface area contributed by atoms with Crippen molar-refractivity contribution < 1.29 is 4.39 Å². The standard InChI is InChI=1S/C16H25FN2/c1-18-12-16(9-5-10-16)13-19(2)11-8-14-6-3-4-7-15(14)17/h3-4,6-7,18H,5,8-13H2,1-2H3. The van der Waals surface area contributed by atoms with Crippen molar-refractivity contribution in [1.82, 2.24) is 10.2 Å². The summed E-state index contributed by atoms with van der Waals surface area (Å²) in [5.41, 5.74) is 1.28. The van der Waals surface area contributed by atoms with Crippen molar-refractivity contribution in [3.8, 4) is 0 Å². The first kappa shape index (κ1) is 14.5. The number of likely N-dealkylation sites (N-methyl/N-ethyl adjacent to an activating group) is 1. The van der Waals surface area contributed by atoms with Gasteiger partial charge in [-0.2, -0.15) is 0 Å². The smallest absolute Gasteiger partial charge is 0.126 e. The molecule has 0 aliphatic heterocycles. The molecule has 106 valence electrons. The van der Waals surface area contributed by atoms with Gasteiger partial charge in [0.2, 0.25) is 0 Å². The lowest BCUT2D eigenvalue weighted by Crippen LogP contribution is -2.47. The number of rotatable bonds is 7. The summed E-state index contributed by atoms with van der Waals surface area (Å²) >= 11 is 0. The number of nitrogens with zero attached hydrogens (tertiary/aromatic N) is 1. The van der Waals surface area contributed by atoms with Gasteiger partial charge in [-0.3, -0.25) is 0 Å². The molecule has 1 aromatic rings. The van der Waals surface area contributed by atoms with Gasteiger partial charge < -0.3 is 10.2 Å². The van der Waals surface area contributed by atoms with Crippen LogP contribution in [0.2, 0.25) is 0 Å². The monoisotopic (exact) mass is 264 g/mol. The second kappa shape index (κ2) is 6.49. The van der Waals surface area contributed by atoms with Crippen molar-refractivity contribution in [2.24, 2.45) is 5.41 Å². The Hall–Kier alpha value is -0.930. The molecule has 2 rings (SSSR count). The van der Waals surface area contributed by atoms with Crippen LogP contribution < -0.4 is 5.32 Å². The van der Waals surface area contributed by atoms with Crippen molar-refractivity contribution >= 4 is 0 Å². The molecule has 1 fully saturated rings. The molecule has 0 bridgehead atoms. The first-order valence-electron chi connectivity index (χ1n) is 7.22. The lowest BCUT2D eigenvalue weighted by Gasteiger charge is -2.44. The van der Waals surface area contributed by atoms with E-state index in [-0.39, 0.29) is 5.82 Å². The molecule has 0 aromatic heterocycles. The van der Waals surface area contributed by atoms with E-state index < -0.39 is 0 Å². The summed E-state index contributed by atoms with van der Waals surface area (Å²) in [7, 11) is 4.18. The van der Waals surface area contributed by atoms with E-state index in [1.54, 1.807) is 12.1 Å². The second-order valence-electron chi connectivity index (χ2n) is 5.96. The fourth-order valence-corrected chi connectivity index (χ4v) is 3.11. The van der Waals surface area contributed by atoms with Gasteiger partial charge in [0.05, 0.1) is 0 Å². The minimum atomic E-state index is -0.0792. The zero-order valence-corrected chi connectivity index (χ0v) is 12.1. The molecule has 0 unspecified atom stereocenters. The van der Waals surface area contributed by atoms with Gasteiger partial charge in [-0.1, -0.05) is 24.6 Å². The van der Waals surface area contributed by atoms with Gasteiger partial charge in [0.1, 0.15) is 5.82 Å². The van der Waals surface area contributed by atoms with Gasteiger partial charge in [-0.25, -0.2) is 4.39 Å². The van der Waals surface area contributed by atoms with Crippen LogP contribution in [-0.2, 0) is 6.42 Å². The summed E-state index contributed by atoms with van der Waals surface area (Å²) in [6.07, 6.45) is 4.78. The Morgan fingerprint density at radius 1 is 1.32 bits per heavy atom. The predicted molar refractivity (Wildman–Crippen MR) is 77.8 cm³/mol. The van der Waals surface area contributed by atoms with Crippen LogP contribution >= 0.6 is 0 Å². The molecule has 3 heteroatoms. The van der Waals surface area contributed by atoms with Gasteiger partial charge >= 0.3 is 0 Å². The Morgan fingerprint density at radius 3 is 2.63 bits per heavy atom. The Balaban J connectivity index is 1.81. The minimum Gasteiger partial charge on any atom is -0.319 e. The minimum absolute atomic E-state index is 0.0792. The van der Waals surface area contributed by atoms with Crippen LogP contribution in [0.3, 0.4) is 0 Å². The first-order valence-corrected chi connectivity index (χ1v) is 7.22. The molecule has 1 aliphatic carbocycles. The third kappa shape index (κ3) is 3.77. The summed E-state index contributed by atoms with van der Waals surface area (Å²) in [6.45, 7) is 3.13. The third-order valence-corrected chi connectivity index (χ3v) is 4.29. The van der Waals surface area contributed by atoms with Crippen LogP contribution in [0.5, 0.6) is 0 Å². The molecule has 0 radical (unpaired) electrons. The SMILES string of the molecule is CNCC1(CN(C)CCc2ccccc2F)CCC1. The molecular formula is C16H25FN2. The molecule has 1 N–H and O–H groups in total. The quantitative estimate of drug-likeness (QED) is 0.814. The van der Waals surface area contributed by atoms with E-state index in [2.05, 4.69) is 17.3 Å². The van der Waals surface area contributed by atoms with E-state index in [0.29, 0.717) is 5.41 Å². The van der Waals surface area contributed by atoms with Crippen LogP contribution in [0.1, 0.15) is 24.8 Å². The lowest BCUT2D eigenvalue weighted by atomic mass is 9.68. The highest BCUT2D eigenvalue weighted by atomic mass is 19.1. The topological polar surface area (TPSA) is 15.3 Å². The molecule has 0 heterocycles. The van der Waals surface area contributed by atoms with Crippen molar-refractivity contribution in [3.05, 3.63) is 35.6 Å². The van der Waals surface area contributed by atoms with Crippen LogP contribution in [0, 0.1) is 11.2 Å². The summed E-state index contributed by atoms with van der Waals surface area (Å²) in [5, 5.41) is 3.31. The van der Waals surface area contributed by atoms with E-state index in [4.69, 9.17) is 0 Å². The van der Waals surface area contributed by atoms with Gasteiger partial charge in [0.25, 0.3) is 0 Å². The molecule has 2 nitrogen and oxygen atoms in total. The Kier molecular flexibility index (Phi) is 4.94. The van der Waals surface area contributed by atoms with E-state index in [1.165, 1.54) is 19.3 Å². The largest absolute Gasteiger partial charge is 0.319 e. The molecule has 0 spiro atoms. The number of hydrogen-bond donors (Lipinski definition) is 1. The van der Waals surface area contributed by atoms with Crippen LogP contribution in [0.4, 0.5) is 4.39 Å². The molecule has 19 heavy (non-hydrogen) atoms. The van der Waals surface area contributed by atoms with Crippen molar-refractivity contribution in [2.45, 2.75) is 25.7 Å². The van der Waals surface area contributed by atoms with Crippen LogP contribution in [-0.4, -0.2) is 38.6 Å². The molecule has 0 saturated heterocycles. The molecular weight excluding hydrogens is 239 g/mol. The molecule has 1 aromatic carbocycles. The van der Waals surface area contributed by atoms with Gasteiger partial charge in [-0.15, -0.1) is 0 Å². The highest BCUT2D eigenvalue weighted by molar-refractivity contribution is 5.17. The Bertz CT molecular complexity index is 401. The number of nitrogens with one attached hydrogen (secondary N) is 1. The highest BCUT2D eigenvalue weighted by Gasteiger charge is 2.36. The number of hydrogen-bond acceptors (Lipinski definition) is 2. The van der Waals surface area contributed by atoms with Crippen LogP contribution in [0.25, 0.3) is 0 Å². The zero-order chi connectivity index (χ0) is 13.7. The number of benzene rings is 1. The van der Waals surface area contributed by atoms with Gasteiger partial charge in [0, 0.05) is 19.6 Å². The van der Waals surface area contributed by atoms with Crippen LogP contribution in [0.15, 0.2) is 24.3 Å². The summed E-state index contributed by atoms with van der Waals surface area (Å²) in [5.74, 6) is -0.0792. The maximum absolute atomic E-state index is 13.5. The van der Waals surface area contributed by atoms with Crippen molar-refractivity contribution in [2.75, 3.05) is 33.7 Å². The highest BCUT2D eigenvalue weighted by Crippen LogP contribution is 2.40. The normalized spacial score (nSPS) is 17.5. The van der Waals surface area contributed by atoms with E-state index in [1.807, 2.05) is 19.2 Å². The first-order chi connectivity index (χ1) is 9.15. The average molecular weight is 264 g/mol. The Morgan fingerprint density at radius 2 is 2.05 bits per heavy atom. The van der Waals surface area contributed by atoms with E-state index in [9.17, 15) is 4.39 Å². The predicted octanol–water partition coefficient (Wildman–Crippen LogP) is 2.69. The Labute approximate surface area is 116 Å². The maximum atomic E-state index is 13.5. The summed E-state index contributed by atoms with van der Waals surface area (Å²) in [6, 6.07) is 7.09. The average Bonchev–Trinajstić information content (AvgIpc) is 2.35. The molecule has 0 amide bonds. The molecule has 1 aliphatic rings. The molecule has 1 saturated carbocycles. The maximum Gasteiger partial charge on any atom is 0.126 e. The summed E-state index contributed by atoms with van der Waals surface area (Å²) in [4.78, 5) is 2.35. The van der Waals surface area contributed by atoms with E-state index in [0.717, 1.165) is 31.6 Å². The van der Waals surface area contributed by atoms with Gasteiger partial charge in [0.15, 0.2) is 0 Å². The fraction of sp³-hybridized carbons (Fsp3) is 0.625. The second-order valence-corrected chi connectivity index (χ2v) is 5.96.